The summed E-state index contributed by atoms with van der Waals surface area (Å²) in [7, 11) is 0. The number of esters is 1. The molecule has 6 heteroatoms. The van der Waals surface area contributed by atoms with Crippen molar-refractivity contribution in [2.75, 3.05) is 11.9 Å². The maximum atomic E-state index is 12.1. The highest BCUT2D eigenvalue weighted by Gasteiger charge is 2.18. The van der Waals surface area contributed by atoms with E-state index in [0.29, 0.717) is 24.3 Å². The number of amides is 1. The van der Waals surface area contributed by atoms with Crippen LogP contribution < -0.4 is 10.1 Å². The first-order valence-corrected chi connectivity index (χ1v) is 8.68. The third-order valence-electron chi connectivity index (χ3n) is 3.77. The number of nitriles is 1. The van der Waals surface area contributed by atoms with Crippen LogP contribution >= 0.6 is 0 Å². The molecule has 1 N–H and O–H groups in total. The summed E-state index contributed by atoms with van der Waals surface area (Å²) in [5.74, 6) is -0.201. The minimum atomic E-state index is -0.957. The van der Waals surface area contributed by atoms with Gasteiger partial charge in [-0.05, 0) is 50.1 Å². The molecule has 1 atom stereocenters. The molecule has 0 saturated heterocycles. The lowest BCUT2D eigenvalue weighted by molar-refractivity contribution is -0.153. The SMILES string of the molecule is Cc1cccc(OCCCC(=O)O[C@H](C)C(=O)Nc2ccccc2C#N)c1. The summed E-state index contributed by atoms with van der Waals surface area (Å²) in [6.07, 6.45) is -0.321. The standard InChI is InChI=1S/C21H22N2O4/c1-15-7-5-9-18(13-15)26-12-6-11-20(24)27-16(2)21(25)23-19-10-4-3-8-17(19)14-22/h3-5,7-10,13,16H,6,11-12H2,1-2H3,(H,23,25)/t16-/m1/s1. The maximum absolute atomic E-state index is 12.1. The first kappa shape index (κ1) is 20.0. The third-order valence-corrected chi connectivity index (χ3v) is 3.77. The van der Waals surface area contributed by atoms with Gasteiger partial charge in [-0.3, -0.25) is 9.59 Å². The molecule has 0 aliphatic carbocycles. The molecule has 0 unspecified atom stereocenters. The van der Waals surface area contributed by atoms with Gasteiger partial charge < -0.3 is 14.8 Å². The van der Waals surface area contributed by atoms with Crippen molar-refractivity contribution in [1.29, 1.82) is 5.26 Å². The van der Waals surface area contributed by atoms with Gasteiger partial charge in [0.2, 0.25) is 0 Å². The first-order valence-electron chi connectivity index (χ1n) is 8.68. The normalized spacial score (nSPS) is 11.1. The predicted molar refractivity (Wildman–Crippen MR) is 101 cm³/mol. The molecule has 0 heterocycles. The van der Waals surface area contributed by atoms with Gasteiger partial charge >= 0.3 is 5.97 Å². The van der Waals surface area contributed by atoms with Crippen LogP contribution in [-0.4, -0.2) is 24.6 Å². The Labute approximate surface area is 158 Å². The van der Waals surface area contributed by atoms with Gasteiger partial charge in [0, 0.05) is 6.42 Å². The fourth-order valence-corrected chi connectivity index (χ4v) is 2.35. The molecule has 0 radical (unpaired) electrons. The summed E-state index contributed by atoms with van der Waals surface area (Å²) in [5.41, 5.74) is 1.84. The first-order chi connectivity index (χ1) is 13.0. The number of carbonyl (C=O) groups excluding carboxylic acids is 2. The Bertz CT molecular complexity index is 842. The molecular weight excluding hydrogens is 344 g/mol. The highest BCUT2D eigenvalue weighted by molar-refractivity contribution is 5.96. The molecule has 0 aromatic heterocycles. The quantitative estimate of drug-likeness (QED) is 0.570. The summed E-state index contributed by atoms with van der Waals surface area (Å²) in [6.45, 7) is 3.85. The number of hydrogen-bond acceptors (Lipinski definition) is 5. The van der Waals surface area contributed by atoms with E-state index >= 15 is 0 Å². The zero-order valence-corrected chi connectivity index (χ0v) is 15.4. The number of nitrogens with one attached hydrogen (secondary N) is 1. The van der Waals surface area contributed by atoms with Crippen LogP contribution in [0.5, 0.6) is 5.75 Å². The summed E-state index contributed by atoms with van der Waals surface area (Å²) in [5, 5.41) is 11.6. The van der Waals surface area contributed by atoms with Crippen LogP contribution in [0.25, 0.3) is 0 Å². The van der Waals surface area contributed by atoms with E-state index in [4.69, 9.17) is 14.7 Å². The zero-order chi connectivity index (χ0) is 19.6. The second-order valence-corrected chi connectivity index (χ2v) is 6.05. The molecule has 2 aromatic carbocycles. The second kappa shape index (κ2) is 9.97. The second-order valence-electron chi connectivity index (χ2n) is 6.05. The van der Waals surface area contributed by atoms with Crippen LogP contribution in [0.15, 0.2) is 48.5 Å². The minimum absolute atomic E-state index is 0.151. The number of ether oxygens (including phenoxy) is 2. The van der Waals surface area contributed by atoms with E-state index in [-0.39, 0.29) is 6.42 Å². The lowest BCUT2D eigenvalue weighted by Crippen LogP contribution is -2.30. The van der Waals surface area contributed by atoms with Crippen molar-refractivity contribution in [3.05, 3.63) is 59.7 Å². The summed E-state index contributed by atoms with van der Waals surface area (Å²) >= 11 is 0. The number of aryl methyl sites for hydroxylation is 1. The van der Waals surface area contributed by atoms with Gasteiger partial charge in [0.25, 0.3) is 5.91 Å². The number of anilines is 1. The molecule has 0 aliphatic heterocycles. The molecule has 2 aromatic rings. The number of rotatable bonds is 8. The third kappa shape index (κ3) is 6.48. The van der Waals surface area contributed by atoms with E-state index in [1.165, 1.54) is 6.92 Å². The molecular formula is C21H22N2O4. The van der Waals surface area contributed by atoms with Crippen LogP contribution in [0.1, 0.15) is 30.9 Å². The van der Waals surface area contributed by atoms with Gasteiger partial charge in [0.05, 0.1) is 17.9 Å². The van der Waals surface area contributed by atoms with E-state index in [1.807, 2.05) is 37.3 Å². The topological polar surface area (TPSA) is 88.4 Å². The predicted octanol–water partition coefficient (Wildman–Crippen LogP) is 3.60. The van der Waals surface area contributed by atoms with E-state index in [2.05, 4.69) is 5.32 Å². The van der Waals surface area contributed by atoms with Gasteiger partial charge in [-0.1, -0.05) is 24.3 Å². The minimum Gasteiger partial charge on any atom is -0.494 e. The Morgan fingerprint density at radius 1 is 1.19 bits per heavy atom. The van der Waals surface area contributed by atoms with E-state index in [9.17, 15) is 9.59 Å². The molecule has 0 bridgehead atoms. The summed E-state index contributed by atoms with van der Waals surface area (Å²) in [6, 6.07) is 16.3. The van der Waals surface area contributed by atoms with Gasteiger partial charge in [-0.15, -0.1) is 0 Å². The fraction of sp³-hybridized carbons (Fsp3) is 0.286. The zero-order valence-electron chi connectivity index (χ0n) is 15.4. The van der Waals surface area contributed by atoms with Crippen molar-refractivity contribution < 1.29 is 19.1 Å². The van der Waals surface area contributed by atoms with Crippen LogP contribution in [-0.2, 0) is 14.3 Å². The van der Waals surface area contributed by atoms with E-state index in [1.54, 1.807) is 24.3 Å². The molecule has 27 heavy (non-hydrogen) atoms. The summed E-state index contributed by atoms with van der Waals surface area (Å²) in [4.78, 5) is 24.0. The Morgan fingerprint density at radius 3 is 2.70 bits per heavy atom. The molecule has 6 nitrogen and oxygen atoms in total. The largest absolute Gasteiger partial charge is 0.494 e. The Hall–Kier alpha value is -3.33. The summed E-state index contributed by atoms with van der Waals surface area (Å²) < 4.78 is 10.7. The van der Waals surface area contributed by atoms with Crippen molar-refractivity contribution in [2.24, 2.45) is 0 Å². The Balaban J connectivity index is 1.73. The number of carbonyl (C=O) groups is 2. The monoisotopic (exact) mass is 366 g/mol. The molecule has 2 rings (SSSR count). The Kier molecular flexibility index (Phi) is 7.38. The lowest BCUT2D eigenvalue weighted by atomic mass is 10.2. The van der Waals surface area contributed by atoms with Gasteiger partial charge in [0.1, 0.15) is 11.8 Å². The van der Waals surface area contributed by atoms with Crippen LogP contribution in [0.2, 0.25) is 0 Å². The van der Waals surface area contributed by atoms with Crippen LogP contribution in [0.4, 0.5) is 5.69 Å². The fourth-order valence-electron chi connectivity index (χ4n) is 2.35. The van der Waals surface area contributed by atoms with Crippen LogP contribution in [0.3, 0.4) is 0 Å². The molecule has 0 fully saturated rings. The van der Waals surface area contributed by atoms with Crippen molar-refractivity contribution in [3.8, 4) is 11.8 Å². The molecule has 0 saturated carbocycles. The van der Waals surface area contributed by atoms with Gasteiger partial charge in [-0.25, -0.2) is 0 Å². The van der Waals surface area contributed by atoms with Gasteiger partial charge in [-0.2, -0.15) is 5.26 Å². The Morgan fingerprint density at radius 2 is 1.96 bits per heavy atom. The van der Waals surface area contributed by atoms with E-state index in [0.717, 1.165) is 11.3 Å². The van der Waals surface area contributed by atoms with Crippen molar-refractivity contribution >= 4 is 17.6 Å². The molecule has 140 valence electrons. The highest BCUT2D eigenvalue weighted by Crippen LogP contribution is 2.15. The maximum Gasteiger partial charge on any atom is 0.306 e. The average molecular weight is 366 g/mol. The van der Waals surface area contributed by atoms with Gasteiger partial charge in [0.15, 0.2) is 6.10 Å². The van der Waals surface area contributed by atoms with Crippen molar-refractivity contribution in [1.82, 2.24) is 0 Å². The number of nitrogens with zero attached hydrogens (tertiary/aromatic N) is 1. The van der Waals surface area contributed by atoms with E-state index < -0.39 is 18.0 Å². The van der Waals surface area contributed by atoms with Crippen molar-refractivity contribution in [3.63, 3.8) is 0 Å². The van der Waals surface area contributed by atoms with Crippen LogP contribution in [0, 0.1) is 18.3 Å². The number of benzene rings is 2. The number of para-hydroxylation sites is 1. The highest BCUT2D eigenvalue weighted by atomic mass is 16.5. The molecule has 0 spiro atoms. The average Bonchev–Trinajstić information content (AvgIpc) is 2.65. The van der Waals surface area contributed by atoms with Crippen molar-refractivity contribution in [2.45, 2.75) is 32.8 Å². The smallest absolute Gasteiger partial charge is 0.306 e. The molecule has 0 aliphatic rings. The lowest BCUT2D eigenvalue weighted by Gasteiger charge is -2.14. The number of hydrogen-bond donors (Lipinski definition) is 1. The molecule has 1 amide bonds.